The van der Waals surface area contributed by atoms with Crippen molar-refractivity contribution in [3.8, 4) is 5.75 Å². The third-order valence-electron chi connectivity index (χ3n) is 2.80. The van der Waals surface area contributed by atoms with Crippen LogP contribution in [-0.4, -0.2) is 11.3 Å². The minimum atomic E-state index is -1.42. The molecule has 0 heterocycles. The summed E-state index contributed by atoms with van der Waals surface area (Å²) in [6.07, 6.45) is 0. The van der Waals surface area contributed by atoms with Crippen LogP contribution >= 0.6 is 0 Å². The van der Waals surface area contributed by atoms with E-state index in [0.29, 0.717) is 5.75 Å². The summed E-state index contributed by atoms with van der Waals surface area (Å²) in [6, 6.07) is 11.8. The normalized spacial score (nSPS) is 12.2. The van der Waals surface area contributed by atoms with Crippen LogP contribution in [0.1, 0.15) is 11.1 Å². The van der Waals surface area contributed by atoms with Gasteiger partial charge in [-0.05, 0) is 25.1 Å². The molecule has 0 saturated heterocycles. The van der Waals surface area contributed by atoms with Crippen molar-refractivity contribution in [3.05, 3.63) is 59.4 Å². The highest BCUT2D eigenvalue weighted by molar-refractivity contribution is 7.84. The Morgan fingerprint density at radius 1 is 1.21 bits per heavy atom. The molecule has 0 saturated carbocycles. The number of halogens is 1. The molecule has 0 aliphatic heterocycles. The van der Waals surface area contributed by atoms with Gasteiger partial charge in [0.25, 0.3) is 0 Å². The maximum absolute atomic E-state index is 13.6. The Labute approximate surface area is 114 Å². The van der Waals surface area contributed by atoms with E-state index in [9.17, 15) is 8.60 Å². The van der Waals surface area contributed by atoms with E-state index < -0.39 is 16.6 Å². The maximum Gasteiger partial charge on any atom is 0.139 e. The van der Waals surface area contributed by atoms with E-state index in [2.05, 4.69) is 0 Å². The molecule has 0 radical (unpaired) electrons. The van der Waals surface area contributed by atoms with E-state index in [1.54, 1.807) is 25.3 Å². The first kappa shape index (κ1) is 13.7. The molecule has 2 nitrogen and oxygen atoms in total. The maximum atomic E-state index is 13.6. The van der Waals surface area contributed by atoms with Gasteiger partial charge in [0.15, 0.2) is 0 Å². The second-order valence-electron chi connectivity index (χ2n) is 4.24. The number of hydrogen-bond acceptors (Lipinski definition) is 2. The second kappa shape index (κ2) is 5.97. The molecule has 0 aliphatic rings. The van der Waals surface area contributed by atoms with E-state index in [1.807, 2.05) is 25.1 Å². The average Bonchev–Trinajstić information content (AvgIpc) is 2.39. The monoisotopic (exact) mass is 278 g/mol. The van der Waals surface area contributed by atoms with E-state index in [0.717, 1.165) is 11.1 Å². The van der Waals surface area contributed by atoms with Gasteiger partial charge in [0.05, 0.1) is 28.6 Å². The Morgan fingerprint density at radius 3 is 2.63 bits per heavy atom. The van der Waals surface area contributed by atoms with Crippen molar-refractivity contribution in [3.63, 3.8) is 0 Å². The largest absolute Gasteiger partial charge is 0.496 e. The van der Waals surface area contributed by atoms with Crippen molar-refractivity contribution < 1.29 is 13.3 Å². The molecule has 4 heteroatoms. The number of rotatable bonds is 4. The Kier molecular flexibility index (Phi) is 4.32. The summed E-state index contributed by atoms with van der Waals surface area (Å²) in [7, 11) is 0.149. The molecule has 2 rings (SSSR count). The van der Waals surface area contributed by atoms with Crippen LogP contribution in [-0.2, 0) is 16.6 Å². The van der Waals surface area contributed by atoms with Crippen molar-refractivity contribution in [2.24, 2.45) is 0 Å². The summed E-state index contributed by atoms with van der Waals surface area (Å²) in [5.41, 5.74) is 1.88. The highest BCUT2D eigenvalue weighted by Crippen LogP contribution is 2.24. The fourth-order valence-corrected chi connectivity index (χ4v) is 3.05. The summed E-state index contributed by atoms with van der Waals surface area (Å²) in [4.78, 5) is 0.228. The van der Waals surface area contributed by atoms with Crippen molar-refractivity contribution in [2.75, 3.05) is 7.11 Å². The zero-order valence-corrected chi connectivity index (χ0v) is 11.7. The Balaban J connectivity index is 2.29. The molecule has 2 aromatic carbocycles. The zero-order chi connectivity index (χ0) is 13.8. The predicted octanol–water partition coefficient (Wildman–Crippen LogP) is 3.45. The van der Waals surface area contributed by atoms with Crippen molar-refractivity contribution in [2.45, 2.75) is 17.6 Å². The minimum absolute atomic E-state index is 0.228. The van der Waals surface area contributed by atoms with Gasteiger partial charge < -0.3 is 4.74 Å². The van der Waals surface area contributed by atoms with Crippen LogP contribution < -0.4 is 4.74 Å². The highest BCUT2D eigenvalue weighted by atomic mass is 32.2. The third kappa shape index (κ3) is 3.20. The minimum Gasteiger partial charge on any atom is -0.496 e. The second-order valence-corrected chi connectivity index (χ2v) is 5.66. The summed E-state index contributed by atoms with van der Waals surface area (Å²) in [5.74, 6) is 0.481. The highest BCUT2D eigenvalue weighted by Gasteiger charge is 2.13. The molecule has 100 valence electrons. The molecule has 0 aromatic heterocycles. The van der Waals surface area contributed by atoms with Crippen LogP contribution in [0.25, 0.3) is 0 Å². The third-order valence-corrected chi connectivity index (χ3v) is 4.20. The van der Waals surface area contributed by atoms with Crippen LogP contribution in [0.4, 0.5) is 4.39 Å². The van der Waals surface area contributed by atoms with Crippen LogP contribution in [0, 0.1) is 12.7 Å². The molecule has 2 aromatic rings. The topological polar surface area (TPSA) is 26.3 Å². The molecule has 0 bridgehead atoms. The number of aryl methyl sites for hydroxylation is 1. The molecular formula is C15H15FO2S. The summed E-state index contributed by atoms with van der Waals surface area (Å²) in [6.45, 7) is 1.95. The van der Waals surface area contributed by atoms with Crippen molar-refractivity contribution >= 4 is 10.8 Å². The molecule has 19 heavy (non-hydrogen) atoms. The molecule has 1 unspecified atom stereocenters. The van der Waals surface area contributed by atoms with Gasteiger partial charge in [-0.2, -0.15) is 0 Å². The van der Waals surface area contributed by atoms with Gasteiger partial charge in [-0.3, -0.25) is 4.21 Å². The van der Waals surface area contributed by atoms with Crippen LogP contribution in [0.3, 0.4) is 0 Å². The van der Waals surface area contributed by atoms with Crippen LogP contribution in [0.2, 0.25) is 0 Å². The summed E-state index contributed by atoms with van der Waals surface area (Å²) in [5, 5.41) is 0. The smallest absolute Gasteiger partial charge is 0.139 e. The van der Waals surface area contributed by atoms with Crippen molar-refractivity contribution in [1.29, 1.82) is 0 Å². The lowest BCUT2D eigenvalue weighted by atomic mass is 10.1. The SMILES string of the molecule is COc1ccc(C)cc1CS(=O)c1ccccc1F. The lowest BCUT2D eigenvalue weighted by Crippen LogP contribution is -2.01. The van der Waals surface area contributed by atoms with Crippen LogP contribution in [0.15, 0.2) is 47.4 Å². The fraction of sp³-hybridized carbons (Fsp3) is 0.200. The first-order valence-electron chi connectivity index (χ1n) is 5.88. The van der Waals surface area contributed by atoms with Gasteiger partial charge in [0, 0.05) is 5.56 Å². The lowest BCUT2D eigenvalue weighted by molar-refractivity contribution is 0.411. The number of methoxy groups -OCH3 is 1. The average molecular weight is 278 g/mol. The first-order valence-corrected chi connectivity index (χ1v) is 7.20. The predicted molar refractivity (Wildman–Crippen MR) is 74.2 cm³/mol. The molecule has 0 fully saturated rings. The van der Waals surface area contributed by atoms with E-state index in [1.165, 1.54) is 6.07 Å². The molecular weight excluding hydrogens is 263 g/mol. The van der Waals surface area contributed by atoms with Crippen molar-refractivity contribution in [1.82, 2.24) is 0 Å². The van der Waals surface area contributed by atoms with Gasteiger partial charge in [0.2, 0.25) is 0 Å². The lowest BCUT2D eigenvalue weighted by Gasteiger charge is -2.09. The molecule has 0 aliphatic carbocycles. The Bertz CT molecular complexity index is 611. The zero-order valence-electron chi connectivity index (χ0n) is 10.9. The number of ether oxygens (including phenoxy) is 1. The summed E-state index contributed by atoms with van der Waals surface area (Å²) < 4.78 is 31.0. The fourth-order valence-electron chi connectivity index (χ4n) is 1.87. The summed E-state index contributed by atoms with van der Waals surface area (Å²) >= 11 is 0. The van der Waals surface area contributed by atoms with Gasteiger partial charge in [-0.15, -0.1) is 0 Å². The Hall–Kier alpha value is -1.68. The molecule has 0 spiro atoms. The molecule has 0 N–H and O–H groups in total. The number of benzene rings is 2. The standard InChI is InChI=1S/C15H15FO2S/c1-11-7-8-14(18-2)12(9-11)10-19(17)15-6-4-3-5-13(15)16/h3-9H,10H2,1-2H3. The van der Waals surface area contributed by atoms with E-state index in [-0.39, 0.29) is 10.6 Å². The quantitative estimate of drug-likeness (QED) is 0.856. The van der Waals surface area contributed by atoms with Gasteiger partial charge in [0.1, 0.15) is 11.6 Å². The molecule has 0 amide bonds. The first-order chi connectivity index (χ1) is 9.11. The number of hydrogen-bond donors (Lipinski definition) is 0. The van der Waals surface area contributed by atoms with Gasteiger partial charge in [-0.1, -0.05) is 29.8 Å². The van der Waals surface area contributed by atoms with E-state index in [4.69, 9.17) is 4.74 Å². The van der Waals surface area contributed by atoms with Gasteiger partial charge in [-0.25, -0.2) is 4.39 Å². The van der Waals surface area contributed by atoms with Crippen LogP contribution in [0.5, 0.6) is 5.75 Å². The Morgan fingerprint density at radius 2 is 1.95 bits per heavy atom. The molecule has 1 atom stereocenters. The van der Waals surface area contributed by atoms with E-state index >= 15 is 0 Å². The van der Waals surface area contributed by atoms with Gasteiger partial charge >= 0.3 is 0 Å².